The van der Waals surface area contributed by atoms with Crippen LogP contribution in [0.5, 0.6) is 0 Å². The number of rotatable bonds is 1. The summed E-state index contributed by atoms with van der Waals surface area (Å²) in [6, 6.07) is 11.2. The molecule has 0 N–H and O–H groups in total. The van der Waals surface area contributed by atoms with Crippen molar-refractivity contribution in [2.24, 2.45) is 0 Å². The fourth-order valence-corrected chi connectivity index (χ4v) is 2.55. The third-order valence-corrected chi connectivity index (χ3v) is 3.27. The van der Waals surface area contributed by atoms with Crippen molar-refractivity contribution in [3.63, 3.8) is 0 Å². The molecule has 2 aliphatic heterocycles. The van der Waals surface area contributed by atoms with E-state index in [4.69, 9.17) is 4.74 Å². The van der Waals surface area contributed by atoms with Crippen LogP contribution in [0, 0.1) is 0 Å². The van der Waals surface area contributed by atoms with E-state index in [1.807, 2.05) is 0 Å². The zero-order valence-corrected chi connectivity index (χ0v) is 8.23. The predicted octanol–water partition coefficient (Wildman–Crippen LogP) is 2.18. The van der Waals surface area contributed by atoms with Gasteiger partial charge in [0.2, 0.25) is 0 Å². The van der Waals surface area contributed by atoms with Gasteiger partial charge in [-0.3, -0.25) is 4.90 Å². The summed E-state index contributed by atoms with van der Waals surface area (Å²) in [7, 11) is 0. The smallest absolute Gasteiger partial charge is 0.111 e. The molecule has 74 valence electrons. The van der Waals surface area contributed by atoms with Crippen molar-refractivity contribution >= 4 is 0 Å². The van der Waals surface area contributed by atoms with Gasteiger partial charge in [0.1, 0.15) is 6.23 Å². The molecule has 2 saturated heterocycles. The van der Waals surface area contributed by atoms with E-state index in [9.17, 15) is 0 Å². The Balaban J connectivity index is 1.86. The normalized spacial score (nSPS) is 32.0. The van der Waals surface area contributed by atoms with Crippen LogP contribution in [0.25, 0.3) is 0 Å². The van der Waals surface area contributed by atoms with Crippen molar-refractivity contribution in [2.45, 2.75) is 25.1 Å². The van der Waals surface area contributed by atoms with Gasteiger partial charge in [0.05, 0.1) is 12.6 Å². The molecule has 14 heavy (non-hydrogen) atoms. The monoisotopic (exact) mass is 189 g/mol. The van der Waals surface area contributed by atoms with Gasteiger partial charge < -0.3 is 4.74 Å². The van der Waals surface area contributed by atoms with E-state index < -0.39 is 0 Å². The fraction of sp³-hybridized carbons (Fsp3) is 0.500. The number of ether oxygens (including phenoxy) is 1. The maximum Gasteiger partial charge on any atom is 0.111 e. The van der Waals surface area contributed by atoms with Crippen LogP contribution in [0.1, 0.15) is 24.4 Å². The summed E-state index contributed by atoms with van der Waals surface area (Å²) in [6.07, 6.45) is 2.90. The van der Waals surface area contributed by atoms with Crippen LogP contribution in [-0.2, 0) is 4.74 Å². The van der Waals surface area contributed by atoms with Crippen LogP contribution in [-0.4, -0.2) is 24.3 Å². The van der Waals surface area contributed by atoms with Gasteiger partial charge in [-0.05, 0) is 18.4 Å². The molecule has 2 aliphatic rings. The minimum Gasteiger partial charge on any atom is -0.361 e. The SMILES string of the molecule is c1ccc(C2COC3CCCN32)cc1. The van der Waals surface area contributed by atoms with Crippen molar-refractivity contribution in [2.75, 3.05) is 13.2 Å². The zero-order valence-electron chi connectivity index (χ0n) is 8.23. The molecule has 0 aliphatic carbocycles. The quantitative estimate of drug-likeness (QED) is 0.671. The Hall–Kier alpha value is -0.860. The highest BCUT2D eigenvalue weighted by Gasteiger charge is 2.37. The fourth-order valence-electron chi connectivity index (χ4n) is 2.55. The molecule has 2 fully saturated rings. The highest BCUT2D eigenvalue weighted by atomic mass is 16.5. The maximum atomic E-state index is 5.77. The van der Waals surface area contributed by atoms with E-state index in [-0.39, 0.29) is 0 Å². The first-order chi connectivity index (χ1) is 6.95. The summed E-state index contributed by atoms with van der Waals surface area (Å²) in [4.78, 5) is 2.50. The third kappa shape index (κ3) is 1.26. The standard InChI is InChI=1S/C12H15NO/c1-2-5-10(6-3-1)11-9-14-12-7-4-8-13(11)12/h1-3,5-6,11-12H,4,7-9H2. The zero-order chi connectivity index (χ0) is 9.38. The molecule has 0 spiro atoms. The molecular formula is C12H15NO. The molecule has 1 aromatic rings. The summed E-state index contributed by atoms with van der Waals surface area (Å²) in [5.74, 6) is 0. The molecule has 0 bridgehead atoms. The molecule has 1 aromatic carbocycles. The molecule has 0 amide bonds. The average Bonchev–Trinajstić information content (AvgIpc) is 2.79. The van der Waals surface area contributed by atoms with Crippen LogP contribution in [0.4, 0.5) is 0 Å². The molecule has 2 heteroatoms. The molecule has 2 unspecified atom stereocenters. The van der Waals surface area contributed by atoms with E-state index in [0.717, 1.165) is 6.61 Å². The molecule has 2 nitrogen and oxygen atoms in total. The van der Waals surface area contributed by atoms with E-state index in [0.29, 0.717) is 12.3 Å². The Morgan fingerprint density at radius 3 is 2.93 bits per heavy atom. The summed E-state index contributed by atoms with van der Waals surface area (Å²) >= 11 is 0. The van der Waals surface area contributed by atoms with E-state index in [2.05, 4.69) is 35.2 Å². The third-order valence-electron chi connectivity index (χ3n) is 3.27. The molecule has 2 atom stereocenters. The van der Waals surface area contributed by atoms with E-state index in [1.165, 1.54) is 24.9 Å². The topological polar surface area (TPSA) is 12.5 Å². The average molecular weight is 189 g/mol. The van der Waals surface area contributed by atoms with E-state index in [1.54, 1.807) is 0 Å². The Bertz CT molecular complexity index is 311. The largest absolute Gasteiger partial charge is 0.361 e. The van der Waals surface area contributed by atoms with Gasteiger partial charge in [0.15, 0.2) is 0 Å². The second kappa shape index (κ2) is 3.37. The first kappa shape index (κ1) is 8.45. The Morgan fingerprint density at radius 1 is 1.21 bits per heavy atom. The van der Waals surface area contributed by atoms with Gasteiger partial charge >= 0.3 is 0 Å². The summed E-state index contributed by atoms with van der Waals surface area (Å²) in [5.41, 5.74) is 1.40. The van der Waals surface area contributed by atoms with Crippen molar-refractivity contribution in [1.29, 1.82) is 0 Å². The highest BCUT2D eigenvalue weighted by Crippen LogP contribution is 2.35. The Kier molecular flexibility index (Phi) is 2.03. The van der Waals surface area contributed by atoms with Crippen LogP contribution in [0.15, 0.2) is 30.3 Å². The van der Waals surface area contributed by atoms with Gasteiger partial charge in [-0.1, -0.05) is 30.3 Å². The van der Waals surface area contributed by atoms with Gasteiger partial charge in [0, 0.05) is 6.54 Å². The molecule has 0 saturated carbocycles. The lowest BCUT2D eigenvalue weighted by molar-refractivity contribution is 0.0589. The Morgan fingerprint density at radius 2 is 2.07 bits per heavy atom. The molecular weight excluding hydrogens is 174 g/mol. The van der Waals surface area contributed by atoms with Crippen LogP contribution in [0.2, 0.25) is 0 Å². The van der Waals surface area contributed by atoms with Crippen LogP contribution in [0.3, 0.4) is 0 Å². The minimum atomic E-state index is 0.403. The van der Waals surface area contributed by atoms with Crippen molar-refractivity contribution in [3.05, 3.63) is 35.9 Å². The highest BCUT2D eigenvalue weighted by molar-refractivity contribution is 5.20. The lowest BCUT2D eigenvalue weighted by atomic mass is 10.1. The maximum absolute atomic E-state index is 5.77. The van der Waals surface area contributed by atoms with E-state index >= 15 is 0 Å². The summed E-state index contributed by atoms with van der Waals surface area (Å²) < 4.78 is 5.77. The first-order valence-corrected chi connectivity index (χ1v) is 5.37. The first-order valence-electron chi connectivity index (χ1n) is 5.37. The Labute approximate surface area is 84.5 Å². The van der Waals surface area contributed by atoms with Crippen molar-refractivity contribution in [1.82, 2.24) is 4.90 Å². The van der Waals surface area contributed by atoms with Gasteiger partial charge in [-0.15, -0.1) is 0 Å². The van der Waals surface area contributed by atoms with Gasteiger partial charge in [-0.2, -0.15) is 0 Å². The van der Waals surface area contributed by atoms with Crippen LogP contribution >= 0.6 is 0 Å². The molecule has 2 heterocycles. The predicted molar refractivity (Wildman–Crippen MR) is 54.9 cm³/mol. The number of fused-ring (bicyclic) bond motifs is 1. The number of benzene rings is 1. The van der Waals surface area contributed by atoms with Gasteiger partial charge in [-0.25, -0.2) is 0 Å². The van der Waals surface area contributed by atoms with Crippen molar-refractivity contribution in [3.8, 4) is 0 Å². The molecule has 3 rings (SSSR count). The second-order valence-corrected chi connectivity index (χ2v) is 4.09. The number of hydrogen-bond donors (Lipinski definition) is 0. The number of hydrogen-bond acceptors (Lipinski definition) is 2. The lowest BCUT2D eigenvalue weighted by Gasteiger charge is -2.21. The van der Waals surface area contributed by atoms with Crippen molar-refractivity contribution < 1.29 is 4.74 Å². The van der Waals surface area contributed by atoms with Gasteiger partial charge in [0.25, 0.3) is 0 Å². The summed E-state index contributed by atoms with van der Waals surface area (Å²) in [6.45, 7) is 2.07. The number of nitrogens with zero attached hydrogens (tertiary/aromatic N) is 1. The minimum absolute atomic E-state index is 0.403. The molecule has 0 radical (unpaired) electrons. The second-order valence-electron chi connectivity index (χ2n) is 4.09. The summed E-state index contributed by atoms with van der Waals surface area (Å²) in [5, 5.41) is 0. The lowest BCUT2D eigenvalue weighted by Crippen LogP contribution is -2.26. The van der Waals surface area contributed by atoms with Crippen LogP contribution < -0.4 is 0 Å². The molecule has 0 aromatic heterocycles.